The minimum Gasteiger partial charge on any atom is -0.387 e. The molecule has 1 saturated heterocycles. The molecule has 0 saturated carbocycles. The van der Waals surface area contributed by atoms with E-state index in [1.165, 1.54) is 6.07 Å². The number of piperidine rings is 1. The first-order valence-electron chi connectivity index (χ1n) is 8.61. The minimum absolute atomic E-state index is 0.0723. The third-order valence-corrected chi connectivity index (χ3v) is 4.42. The third kappa shape index (κ3) is 5.53. The number of nitrogens with zero attached hydrogens (tertiary/aromatic N) is 1. The molecular weight excluding hydrogens is 314 g/mol. The summed E-state index contributed by atoms with van der Waals surface area (Å²) in [4.78, 5) is 13.6. The van der Waals surface area contributed by atoms with Crippen molar-refractivity contribution in [3.05, 3.63) is 35.4 Å². The van der Waals surface area contributed by atoms with Gasteiger partial charge in [-0.25, -0.2) is 8.78 Å². The fourth-order valence-electron chi connectivity index (χ4n) is 3.17. The van der Waals surface area contributed by atoms with Gasteiger partial charge in [0.2, 0.25) is 5.91 Å². The van der Waals surface area contributed by atoms with Crippen molar-refractivity contribution >= 4 is 5.91 Å². The summed E-state index contributed by atoms with van der Waals surface area (Å²) in [6, 6.07) is 3.24. The van der Waals surface area contributed by atoms with E-state index >= 15 is 0 Å². The quantitative estimate of drug-likeness (QED) is 0.802. The van der Waals surface area contributed by atoms with Crippen LogP contribution in [-0.2, 0) is 4.79 Å². The SMILES string of the molecule is CCCC(=O)NCC1CCCN(CC(O)c2ccc(F)cc2F)C1. The van der Waals surface area contributed by atoms with Gasteiger partial charge in [0.25, 0.3) is 0 Å². The topological polar surface area (TPSA) is 52.6 Å². The smallest absolute Gasteiger partial charge is 0.219 e. The van der Waals surface area contributed by atoms with Crippen LogP contribution in [0.2, 0.25) is 0 Å². The van der Waals surface area contributed by atoms with Gasteiger partial charge >= 0.3 is 0 Å². The molecule has 1 heterocycles. The van der Waals surface area contributed by atoms with Gasteiger partial charge in [-0.15, -0.1) is 0 Å². The van der Waals surface area contributed by atoms with E-state index in [-0.39, 0.29) is 11.5 Å². The number of rotatable bonds is 7. The lowest BCUT2D eigenvalue weighted by Crippen LogP contribution is -2.42. The molecule has 0 radical (unpaired) electrons. The number of hydrogen-bond acceptors (Lipinski definition) is 3. The van der Waals surface area contributed by atoms with Crippen LogP contribution in [0.1, 0.15) is 44.3 Å². The normalized spacial score (nSPS) is 19.9. The second kappa shape index (κ2) is 9.08. The lowest BCUT2D eigenvalue weighted by molar-refractivity contribution is -0.121. The first kappa shape index (κ1) is 18.8. The molecule has 1 aromatic rings. The number of benzene rings is 1. The number of amides is 1. The Morgan fingerprint density at radius 2 is 2.25 bits per heavy atom. The molecule has 2 rings (SSSR count). The monoisotopic (exact) mass is 340 g/mol. The molecule has 1 aliphatic rings. The predicted octanol–water partition coefficient (Wildman–Crippen LogP) is 2.63. The molecule has 1 amide bonds. The predicted molar refractivity (Wildman–Crippen MR) is 88.4 cm³/mol. The summed E-state index contributed by atoms with van der Waals surface area (Å²) in [6.45, 7) is 4.50. The van der Waals surface area contributed by atoms with E-state index in [1.807, 2.05) is 6.92 Å². The van der Waals surface area contributed by atoms with E-state index < -0.39 is 17.7 Å². The molecule has 2 N–H and O–H groups in total. The molecule has 0 aromatic heterocycles. The lowest BCUT2D eigenvalue weighted by atomic mass is 9.97. The maximum absolute atomic E-state index is 13.7. The van der Waals surface area contributed by atoms with E-state index in [1.54, 1.807) is 0 Å². The number of aliphatic hydroxyl groups is 1. The summed E-state index contributed by atoms with van der Waals surface area (Å²) in [5.41, 5.74) is 0.120. The number of hydrogen-bond donors (Lipinski definition) is 2. The number of carbonyl (C=O) groups excluding carboxylic acids is 1. The van der Waals surface area contributed by atoms with Gasteiger partial charge in [0.1, 0.15) is 11.6 Å². The Morgan fingerprint density at radius 1 is 1.46 bits per heavy atom. The molecule has 0 spiro atoms. The molecule has 0 bridgehead atoms. The fraction of sp³-hybridized carbons (Fsp3) is 0.611. The molecule has 0 aliphatic carbocycles. The summed E-state index contributed by atoms with van der Waals surface area (Å²) >= 11 is 0. The second-order valence-electron chi connectivity index (χ2n) is 6.50. The molecule has 4 nitrogen and oxygen atoms in total. The number of β-amino-alcohol motifs (C(OH)–C–C–N with tert-alkyl or cyclic N) is 1. The number of halogens is 2. The van der Waals surface area contributed by atoms with E-state index in [2.05, 4.69) is 10.2 Å². The van der Waals surface area contributed by atoms with Crippen molar-refractivity contribution in [2.75, 3.05) is 26.2 Å². The Balaban J connectivity index is 1.84. The summed E-state index contributed by atoms with van der Waals surface area (Å²) in [5, 5.41) is 13.2. The molecule has 6 heteroatoms. The summed E-state index contributed by atoms with van der Waals surface area (Å²) in [7, 11) is 0. The first-order chi connectivity index (χ1) is 11.5. The Morgan fingerprint density at radius 3 is 2.96 bits per heavy atom. The zero-order valence-electron chi connectivity index (χ0n) is 14.1. The van der Waals surface area contributed by atoms with Gasteiger partial charge in [0.05, 0.1) is 6.10 Å². The number of aliphatic hydroxyl groups excluding tert-OH is 1. The van der Waals surface area contributed by atoms with Gasteiger partial charge in [-0.3, -0.25) is 4.79 Å². The molecular formula is C18H26F2N2O2. The van der Waals surface area contributed by atoms with Crippen LogP contribution in [0.4, 0.5) is 8.78 Å². The van der Waals surface area contributed by atoms with E-state index in [4.69, 9.17) is 0 Å². The maximum atomic E-state index is 13.7. The average Bonchev–Trinajstić information content (AvgIpc) is 2.53. The van der Waals surface area contributed by atoms with Crippen LogP contribution in [0.3, 0.4) is 0 Å². The van der Waals surface area contributed by atoms with Crippen molar-refractivity contribution < 1.29 is 18.7 Å². The molecule has 1 aliphatic heterocycles. The number of nitrogens with one attached hydrogen (secondary N) is 1. The van der Waals surface area contributed by atoms with Gasteiger partial charge in [-0.05, 0) is 37.8 Å². The Labute approximate surface area is 141 Å². The van der Waals surface area contributed by atoms with E-state index in [9.17, 15) is 18.7 Å². The van der Waals surface area contributed by atoms with E-state index in [0.717, 1.165) is 44.5 Å². The van der Waals surface area contributed by atoms with Crippen molar-refractivity contribution in [3.63, 3.8) is 0 Å². The van der Waals surface area contributed by atoms with Crippen LogP contribution in [0.5, 0.6) is 0 Å². The van der Waals surface area contributed by atoms with Crippen molar-refractivity contribution in [1.29, 1.82) is 0 Å². The summed E-state index contributed by atoms with van der Waals surface area (Å²) in [6.07, 6.45) is 2.40. The van der Waals surface area contributed by atoms with Gasteiger partial charge in [-0.1, -0.05) is 13.0 Å². The highest BCUT2D eigenvalue weighted by molar-refractivity contribution is 5.75. The van der Waals surface area contributed by atoms with Gasteiger partial charge in [0, 0.05) is 37.7 Å². The van der Waals surface area contributed by atoms with Gasteiger partial charge < -0.3 is 15.3 Å². The second-order valence-corrected chi connectivity index (χ2v) is 6.50. The number of carbonyl (C=O) groups is 1. The molecule has 1 fully saturated rings. The Bertz CT molecular complexity index is 554. The molecule has 24 heavy (non-hydrogen) atoms. The highest BCUT2D eigenvalue weighted by Gasteiger charge is 2.23. The van der Waals surface area contributed by atoms with Crippen LogP contribution < -0.4 is 5.32 Å². The Hall–Kier alpha value is -1.53. The maximum Gasteiger partial charge on any atom is 0.219 e. The molecule has 2 unspecified atom stereocenters. The zero-order valence-corrected chi connectivity index (χ0v) is 14.1. The van der Waals surface area contributed by atoms with Crippen molar-refractivity contribution in [2.24, 2.45) is 5.92 Å². The van der Waals surface area contributed by atoms with Crippen LogP contribution in [0, 0.1) is 17.6 Å². The van der Waals surface area contributed by atoms with Crippen LogP contribution in [-0.4, -0.2) is 42.1 Å². The van der Waals surface area contributed by atoms with Crippen LogP contribution >= 0.6 is 0 Å². The molecule has 1 aromatic carbocycles. The summed E-state index contributed by atoms with van der Waals surface area (Å²) in [5.74, 6) is -0.958. The van der Waals surface area contributed by atoms with Crippen molar-refractivity contribution in [2.45, 2.75) is 38.7 Å². The van der Waals surface area contributed by atoms with Crippen molar-refractivity contribution in [1.82, 2.24) is 10.2 Å². The average molecular weight is 340 g/mol. The van der Waals surface area contributed by atoms with E-state index in [0.29, 0.717) is 25.4 Å². The van der Waals surface area contributed by atoms with Gasteiger partial charge in [-0.2, -0.15) is 0 Å². The first-order valence-corrected chi connectivity index (χ1v) is 8.61. The number of likely N-dealkylation sites (tertiary alicyclic amines) is 1. The zero-order chi connectivity index (χ0) is 17.5. The minimum atomic E-state index is -0.987. The third-order valence-electron chi connectivity index (χ3n) is 4.42. The molecule has 2 atom stereocenters. The Kier molecular flexibility index (Phi) is 7.12. The van der Waals surface area contributed by atoms with Crippen LogP contribution in [0.25, 0.3) is 0 Å². The van der Waals surface area contributed by atoms with Crippen molar-refractivity contribution in [3.8, 4) is 0 Å². The largest absolute Gasteiger partial charge is 0.387 e. The molecule has 134 valence electrons. The van der Waals surface area contributed by atoms with Crippen LogP contribution in [0.15, 0.2) is 18.2 Å². The highest BCUT2D eigenvalue weighted by atomic mass is 19.1. The fourth-order valence-corrected chi connectivity index (χ4v) is 3.17. The lowest BCUT2D eigenvalue weighted by Gasteiger charge is -2.34. The van der Waals surface area contributed by atoms with Gasteiger partial charge in [0.15, 0.2) is 0 Å². The standard InChI is InChI=1S/C18H26F2N2O2/c1-2-4-18(24)21-10-13-5-3-8-22(11-13)12-17(23)15-7-6-14(19)9-16(15)20/h6-7,9,13,17,23H,2-5,8,10-12H2,1H3,(H,21,24). The summed E-state index contributed by atoms with van der Waals surface area (Å²) < 4.78 is 26.7. The highest BCUT2D eigenvalue weighted by Crippen LogP contribution is 2.22.